The van der Waals surface area contributed by atoms with Crippen molar-refractivity contribution in [1.82, 2.24) is 19.9 Å². The van der Waals surface area contributed by atoms with E-state index in [2.05, 4.69) is 19.9 Å². The van der Waals surface area contributed by atoms with Gasteiger partial charge in [0.05, 0.1) is 11.6 Å². The van der Waals surface area contributed by atoms with Crippen molar-refractivity contribution in [1.29, 1.82) is 0 Å². The minimum Gasteiger partial charge on any atom is -0.435 e. The van der Waals surface area contributed by atoms with Crippen LogP contribution >= 0.6 is 0 Å². The molecule has 4 rings (SSSR count). The molecule has 0 aromatic carbocycles. The third kappa shape index (κ3) is 1.13. The zero-order chi connectivity index (χ0) is 11.2. The summed E-state index contributed by atoms with van der Waals surface area (Å²) in [7, 11) is 0. The summed E-state index contributed by atoms with van der Waals surface area (Å²) in [4.78, 5) is 17.0. The standard InChI is InChI=1S/C12H6N4O/c1-2-8-11(14-4-1)16-12-10(15-8)7-3-5-13-6-9(7)17-12/h1-6H. The Balaban J connectivity index is 2.28. The Hall–Kier alpha value is -2.56. The summed E-state index contributed by atoms with van der Waals surface area (Å²) in [6.07, 6.45) is 5.07. The maximum Gasteiger partial charge on any atom is 0.248 e. The van der Waals surface area contributed by atoms with Gasteiger partial charge in [0.15, 0.2) is 11.2 Å². The maximum atomic E-state index is 5.58. The first-order valence-corrected chi connectivity index (χ1v) is 5.17. The average Bonchev–Trinajstić information content (AvgIpc) is 2.73. The van der Waals surface area contributed by atoms with E-state index in [0.29, 0.717) is 16.9 Å². The number of rotatable bonds is 0. The molecule has 0 saturated carbocycles. The number of nitrogens with zero attached hydrogens (tertiary/aromatic N) is 4. The molecule has 0 spiro atoms. The molecular formula is C12H6N4O. The second-order valence-corrected chi connectivity index (χ2v) is 3.70. The molecule has 0 saturated heterocycles. The van der Waals surface area contributed by atoms with Crippen molar-refractivity contribution in [3.8, 4) is 0 Å². The van der Waals surface area contributed by atoms with Crippen LogP contribution in [0.1, 0.15) is 0 Å². The minimum absolute atomic E-state index is 0.499. The van der Waals surface area contributed by atoms with E-state index in [9.17, 15) is 0 Å². The fourth-order valence-electron chi connectivity index (χ4n) is 1.89. The number of hydrogen-bond acceptors (Lipinski definition) is 5. The van der Waals surface area contributed by atoms with Gasteiger partial charge in [-0.15, -0.1) is 0 Å². The smallest absolute Gasteiger partial charge is 0.248 e. The number of pyridine rings is 2. The van der Waals surface area contributed by atoms with E-state index >= 15 is 0 Å². The van der Waals surface area contributed by atoms with Crippen LogP contribution in [0, 0.1) is 0 Å². The lowest BCUT2D eigenvalue weighted by Gasteiger charge is -1.93. The van der Waals surface area contributed by atoms with Gasteiger partial charge in [0.25, 0.3) is 0 Å². The predicted molar refractivity (Wildman–Crippen MR) is 62.4 cm³/mol. The highest BCUT2D eigenvalue weighted by molar-refractivity contribution is 6.02. The number of aromatic nitrogens is 4. The first-order valence-electron chi connectivity index (χ1n) is 5.17. The highest BCUT2D eigenvalue weighted by Crippen LogP contribution is 2.25. The van der Waals surface area contributed by atoms with E-state index in [4.69, 9.17) is 4.42 Å². The van der Waals surface area contributed by atoms with Gasteiger partial charge in [0.2, 0.25) is 5.71 Å². The fourth-order valence-corrected chi connectivity index (χ4v) is 1.89. The van der Waals surface area contributed by atoms with Crippen LogP contribution in [0.25, 0.3) is 33.4 Å². The molecule has 4 aromatic heterocycles. The summed E-state index contributed by atoms with van der Waals surface area (Å²) in [5.74, 6) is 0. The molecule has 0 aliphatic rings. The summed E-state index contributed by atoms with van der Waals surface area (Å²) in [6.45, 7) is 0. The monoisotopic (exact) mass is 222 g/mol. The van der Waals surface area contributed by atoms with Gasteiger partial charge in [0, 0.05) is 12.4 Å². The zero-order valence-corrected chi connectivity index (χ0v) is 8.66. The van der Waals surface area contributed by atoms with Gasteiger partial charge in [-0.05, 0) is 18.2 Å². The minimum atomic E-state index is 0.499. The van der Waals surface area contributed by atoms with E-state index in [1.165, 1.54) is 0 Å². The second kappa shape index (κ2) is 2.98. The molecule has 0 atom stereocenters. The normalized spacial score (nSPS) is 11.5. The Labute approximate surface area is 95.1 Å². The van der Waals surface area contributed by atoms with Crippen LogP contribution in [0.4, 0.5) is 0 Å². The molecule has 0 radical (unpaired) electrons. The van der Waals surface area contributed by atoms with Crippen molar-refractivity contribution < 1.29 is 4.42 Å². The molecule has 0 N–H and O–H groups in total. The van der Waals surface area contributed by atoms with Crippen molar-refractivity contribution in [3.63, 3.8) is 0 Å². The lowest BCUT2D eigenvalue weighted by Crippen LogP contribution is -1.86. The van der Waals surface area contributed by atoms with Gasteiger partial charge in [-0.2, -0.15) is 4.98 Å². The van der Waals surface area contributed by atoms with Crippen LogP contribution in [0.2, 0.25) is 0 Å². The van der Waals surface area contributed by atoms with Crippen LogP contribution in [0.5, 0.6) is 0 Å². The molecule has 5 heteroatoms. The Morgan fingerprint density at radius 1 is 1.06 bits per heavy atom. The highest BCUT2D eigenvalue weighted by Gasteiger charge is 2.10. The molecule has 4 heterocycles. The van der Waals surface area contributed by atoms with Gasteiger partial charge in [-0.25, -0.2) is 9.97 Å². The van der Waals surface area contributed by atoms with E-state index in [1.807, 2.05) is 18.2 Å². The molecule has 0 amide bonds. The van der Waals surface area contributed by atoms with Crippen LogP contribution in [-0.4, -0.2) is 19.9 Å². The Kier molecular flexibility index (Phi) is 1.50. The lowest BCUT2D eigenvalue weighted by atomic mass is 10.3. The average molecular weight is 222 g/mol. The largest absolute Gasteiger partial charge is 0.435 e. The second-order valence-electron chi connectivity index (χ2n) is 3.70. The molecule has 0 bridgehead atoms. The van der Waals surface area contributed by atoms with Crippen LogP contribution < -0.4 is 0 Å². The Morgan fingerprint density at radius 3 is 3.06 bits per heavy atom. The first-order chi connectivity index (χ1) is 8.42. The molecule has 80 valence electrons. The summed E-state index contributed by atoms with van der Waals surface area (Å²) in [6, 6.07) is 5.60. The zero-order valence-electron chi connectivity index (χ0n) is 8.66. The predicted octanol–water partition coefficient (Wildman–Crippen LogP) is 2.32. The highest BCUT2D eigenvalue weighted by atomic mass is 16.3. The molecule has 4 aromatic rings. The molecule has 5 nitrogen and oxygen atoms in total. The molecule has 0 unspecified atom stereocenters. The third-order valence-corrected chi connectivity index (χ3v) is 2.65. The van der Waals surface area contributed by atoms with E-state index in [0.717, 1.165) is 16.4 Å². The molecule has 0 aliphatic heterocycles. The summed E-state index contributed by atoms with van der Waals surface area (Å²) in [5.41, 5.74) is 3.30. The quantitative estimate of drug-likeness (QED) is 0.456. The van der Waals surface area contributed by atoms with Crippen molar-refractivity contribution in [2.24, 2.45) is 0 Å². The van der Waals surface area contributed by atoms with Crippen molar-refractivity contribution in [3.05, 3.63) is 36.8 Å². The third-order valence-electron chi connectivity index (χ3n) is 2.65. The van der Waals surface area contributed by atoms with E-state index in [1.54, 1.807) is 18.6 Å². The van der Waals surface area contributed by atoms with Gasteiger partial charge < -0.3 is 4.42 Å². The van der Waals surface area contributed by atoms with Crippen molar-refractivity contribution in [2.45, 2.75) is 0 Å². The van der Waals surface area contributed by atoms with Crippen LogP contribution in [-0.2, 0) is 0 Å². The SMILES string of the molecule is c1cnc2nc3oc4cnccc4c3nc2c1. The lowest BCUT2D eigenvalue weighted by molar-refractivity contribution is 0.653. The van der Waals surface area contributed by atoms with Gasteiger partial charge in [-0.3, -0.25) is 4.98 Å². The fraction of sp³-hybridized carbons (Fsp3) is 0. The van der Waals surface area contributed by atoms with E-state index in [-0.39, 0.29) is 0 Å². The number of fused-ring (bicyclic) bond motifs is 4. The number of furan rings is 1. The van der Waals surface area contributed by atoms with E-state index < -0.39 is 0 Å². The summed E-state index contributed by atoms with van der Waals surface area (Å²) >= 11 is 0. The molecule has 17 heavy (non-hydrogen) atoms. The van der Waals surface area contributed by atoms with Crippen LogP contribution in [0.15, 0.2) is 41.2 Å². The topological polar surface area (TPSA) is 64.7 Å². The van der Waals surface area contributed by atoms with Crippen molar-refractivity contribution in [2.75, 3.05) is 0 Å². The molecular weight excluding hydrogens is 216 g/mol. The van der Waals surface area contributed by atoms with Gasteiger partial charge in [-0.1, -0.05) is 0 Å². The Bertz CT molecular complexity index is 847. The summed E-state index contributed by atoms with van der Waals surface area (Å²) in [5, 5.41) is 0.924. The van der Waals surface area contributed by atoms with Gasteiger partial charge in [0.1, 0.15) is 11.0 Å². The molecule has 0 fully saturated rings. The molecule has 0 aliphatic carbocycles. The van der Waals surface area contributed by atoms with Crippen molar-refractivity contribution >= 4 is 33.4 Å². The van der Waals surface area contributed by atoms with Gasteiger partial charge >= 0.3 is 0 Å². The first kappa shape index (κ1) is 8.58. The maximum absolute atomic E-state index is 5.58. The Morgan fingerprint density at radius 2 is 2.06 bits per heavy atom. The summed E-state index contributed by atoms with van der Waals surface area (Å²) < 4.78 is 5.58. The van der Waals surface area contributed by atoms with Crippen LogP contribution in [0.3, 0.4) is 0 Å². The number of hydrogen-bond donors (Lipinski definition) is 0.